The number of pyridine rings is 1. The van der Waals surface area contributed by atoms with E-state index in [1.165, 1.54) is 10.3 Å². The van der Waals surface area contributed by atoms with Gasteiger partial charge < -0.3 is 4.74 Å². The van der Waals surface area contributed by atoms with Gasteiger partial charge in [-0.3, -0.25) is 4.98 Å². The fourth-order valence-corrected chi connectivity index (χ4v) is 3.14. The number of hydrogen-bond acceptors (Lipinski definition) is 4. The normalized spacial score (nSPS) is 11.0. The van der Waals surface area contributed by atoms with E-state index in [2.05, 4.69) is 16.2 Å². The van der Waals surface area contributed by atoms with Crippen LogP contribution in [0.1, 0.15) is 34.1 Å². The van der Waals surface area contributed by atoms with Gasteiger partial charge in [0.2, 0.25) is 0 Å². The van der Waals surface area contributed by atoms with Crippen LogP contribution in [-0.2, 0) is 6.54 Å². The summed E-state index contributed by atoms with van der Waals surface area (Å²) in [4.78, 5) is 17.2. The van der Waals surface area contributed by atoms with Crippen molar-refractivity contribution >= 4 is 11.6 Å². The van der Waals surface area contributed by atoms with E-state index in [1.54, 1.807) is 23.0 Å². The molecule has 152 valence electrons. The van der Waals surface area contributed by atoms with Gasteiger partial charge in [0.05, 0.1) is 16.8 Å². The Kier molecular flexibility index (Phi) is 6.54. The molecule has 0 aliphatic carbocycles. The highest BCUT2D eigenvalue weighted by molar-refractivity contribution is 6.33. The number of ether oxygens (including phenoxy) is 1. The number of halogens is 1. The van der Waals surface area contributed by atoms with E-state index >= 15 is 0 Å². The van der Waals surface area contributed by atoms with Gasteiger partial charge in [-0.05, 0) is 64.4 Å². The molecule has 7 heteroatoms. The number of allylic oxidation sites excluding steroid dienone is 2. The van der Waals surface area contributed by atoms with E-state index in [4.69, 9.17) is 16.3 Å². The first-order valence-electron chi connectivity index (χ1n) is 9.57. The summed E-state index contributed by atoms with van der Waals surface area (Å²) in [6.07, 6.45) is 6.07. The summed E-state index contributed by atoms with van der Waals surface area (Å²) in [5, 5.41) is 5.02. The van der Waals surface area contributed by atoms with Crippen molar-refractivity contribution in [3.05, 3.63) is 69.9 Å². The molecule has 0 bridgehead atoms. The van der Waals surface area contributed by atoms with Crippen LogP contribution in [0.3, 0.4) is 0 Å². The van der Waals surface area contributed by atoms with Crippen molar-refractivity contribution in [1.29, 1.82) is 0 Å². The van der Waals surface area contributed by atoms with Crippen LogP contribution in [0.4, 0.5) is 0 Å². The van der Waals surface area contributed by atoms with Gasteiger partial charge >= 0.3 is 5.69 Å². The molecule has 0 saturated heterocycles. The number of nitrogens with zero attached hydrogens (tertiary/aromatic N) is 4. The summed E-state index contributed by atoms with van der Waals surface area (Å²) in [5.74, 6) is 1.23. The quantitative estimate of drug-likeness (QED) is 0.518. The maximum atomic E-state index is 13.2. The second-order valence-electron chi connectivity index (χ2n) is 7.25. The second kappa shape index (κ2) is 9.09. The zero-order valence-electron chi connectivity index (χ0n) is 17.1. The molecule has 3 aromatic rings. The number of rotatable bonds is 7. The van der Waals surface area contributed by atoms with Gasteiger partial charge in [0, 0.05) is 24.5 Å². The van der Waals surface area contributed by atoms with Crippen molar-refractivity contribution in [3.8, 4) is 22.8 Å². The van der Waals surface area contributed by atoms with Crippen LogP contribution in [0.5, 0.6) is 5.75 Å². The minimum atomic E-state index is -0.215. The molecule has 0 aliphatic rings. The Morgan fingerprint density at radius 3 is 2.55 bits per heavy atom. The van der Waals surface area contributed by atoms with Gasteiger partial charge in [-0.1, -0.05) is 23.3 Å². The van der Waals surface area contributed by atoms with Crippen molar-refractivity contribution in [3.63, 3.8) is 0 Å². The molecular weight excluding hydrogens is 388 g/mol. The Labute approximate surface area is 175 Å². The summed E-state index contributed by atoms with van der Waals surface area (Å²) in [7, 11) is 0. The highest BCUT2D eigenvalue weighted by Gasteiger charge is 2.18. The number of benzene rings is 1. The van der Waals surface area contributed by atoms with Crippen molar-refractivity contribution in [2.45, 2.75) is 46.8 Å². The number of aromatic nitrogens is 4. The predicted molar refractivity (Wildman–Crippen MR) is 116 cm³/mol. The molecule has 2 heterocycles. The smallest absolute Gasteiger partial charge is 0.350 e. The van der Waals surface area contributed by atoms with Crippen molar-refractivity contribution < 1.29 is 4.74 Å². The third-order valence-electron chi connectivity index (χ3n) is 4.21. The first-order valence-corrected chi connectivity index (χ1v) is 9.95. The summed E-state index contributed by atoms with van der Waals surface area (Å²) >= 11 is 6.35. The predicted octanol–water partition coefficient (Wildman–Crippen LogP) is 4.89. The maximum absolute atomic E-state index is 13.2. The Morgan fingerprint density at radius 2 is 1.93 bits per heavy atom. The Balaban J connectivity index is 2.08. The first-order chi connectivity index (χ1) is 13.9. The van der Waals surface area contributed by atoms with Gasteiger partial charge in [-0.25, -0.2) is 14.0 Å². The van der Waals surface area contributed by atoms with Crippen LogP contribution in [0, 0.1) is 0 Å². The molecule has 0 atom stereocenters. The Bertz CT molecular complexity index is 1060. The zero-order chi connectivity index (χ0) is 21.0. The average Bonchev–Trinajstić information content (AvgIpc) is 2.98. The van der Waals surface area contributed by atoms with E-state index in [0.717, 1.165) is 12.2 Å². The molecule has 0 amide bonds. The molecule has 0 N–H and O–H groups in total. The van der Waals surface area contributed by atoms with Crippen molar-refractivity contribution in [2.24, 2.45) is 0 Å². The molecule has 0 spiro atoms. The largest absolute Gasteiger partial charge is 0.491 e. The molecule has 0 saturated carbocycles. The number of aryl methyl sites for hydroxylation is 1. The van der Waals surface area contributed by atoms with Gasteiger partial charge in [0.15, 0.2) is 5.82 Å². The molecule has 2 aromatic heterocycles. The molecule has 0 radical (unpaired) electrons. The second-order valence-corrected chi connectivity index (χ2v) is 7.66. The van der Waals surface area contributed by atoms with Crippen LogP contribution in [-0.4, -0.2) is 25.4 Å². The summed E-state index contributed by atoms with van der Waals surface area (Å²) in [5.41, 5.74) is 2.34. The molecule has 1 aromatic carbocycles. The van der Waals surface area contributed by atoms with E-state index < -0.39 is 0 Å². The lowest BCUT2D eigenvalue weighted by atomic mass is 10.2. The van der Waals surface area contributed by atoms with Gasteiger partial charge in [-0.2, -0.15) is 0 Å². The van der Waals surface area contributed by atoms with E-state index in [0.29, 0.717) is 28.6 Å². The maximum Gasteiger partial charge on any atom is 0.350 e. The molecule has 0 fully saturated rings. The topological polar surface area (TPSA) is 61.9 Å². The fraction of sp³-hybridized carbons (Fsp3) is 0.318. The molecule has 29 heavy (non-hydrogen) atoms. The summed E-state index contributed by atoms with van der Waals surface area (Å²) in [6.45, 7) is 8.49. The standard InChI is InChI=1S/C22H25ClN4O2/c1-15(2)6-5-13-26-22(28)27(17-7-9-18(10-8-17)29-16(3)4)21(25-26)19-11-12-24-14-20(19)23/h6-12,14,16H,5,13H2,1-4H3. The minimum Gasteiger partial charge on any atom is -0.491 e. The molecule has 0 aliphatic heterocycles. The lowest BCUT2D eigenvalue weighted by molar-refractivity contribution is 0.242. The van der Waals surface area contributed by atoms with Crippen molar-refractivity contribution in [2.75, 3.05) is 0 Å². The molecular formula is C22H25ClN4O2. The SMILES string of the molecule is CC(C)=CCCn1nc(-c2ccncc2Cl)n(-c2ccc(OC(C)C)cc2)c1=O. The van der Waals surface area contributed by atoms with Crippen LogP contribution < -0.4 is 10.4 Å². The summed E-state index contributed by atoms with van der Waals surface area (Å²) in [6, 6.07) is 9.15. The monoisotopic (exact) mass is 412 g/mol. The van der Waals surface area contributed by atoms with Crippen LogP contribution in [0.25, 0.3) is 17.1 Å². The lowest BCUT2D eigenvalue weighted by Gasteiger charge is -2.11. The van der Waals surface area contributed by atoms with Gasteiger partial charge in [0.25, 0.3) is 0 Å². The Hall–Kier alpha value is -2.86. The molecule has 6 nitrogen and oxygen atoms in total. The van der Waals surface area contributed by atoms with Gasteiger partial charge in [0.1, 0.15) is 5.75 Å². The van der Waals surface area contributed by atoms with Crippen LogP contribution in [0.2, 0.25) is 5.02 Å². The third kappa shape index (κ3) is 4.95. The highest BCUT2D eigenvalue weighted by atomic mass is 35.5. The number of hydrogen-bond donors (Lipinski definition) is 0. The van der Waals surface area contributed by atoms with Gasteiger partial charge in [-0.15, -0.1) is 5.10 Å². The molecule has 3 rings (SSSR count). The van der Waals surface area contributed by atoms with Crippen LogP contribution in [0.15, 0.2) is 59.2 Å². The lowest BCUT2D eigenvalue weighted by Crippen LogP contribution is -2.24. The average molecular weight is 413 g/mol. The fourth-order valence-electron chi connectivity index (χ4n) is 2.94. The summed E-state index contributed by atoms with van der Waals surface area (Å²) < 4.78 is 8.75. The van der Waals surface area contributed by atoms with E-state index in [9.17, 15) is 4.79 Å². The van der Waals surface area contributed by atoms with E-state index in [-0.39, 0.29) is 11.8 Å². The van der Waals surface area contributed by atoms with Crippen LogP contribution >= 0.6 is 11.6 Å². The molecule has 0 unspecified atom stereocenters. The zero-order valence-corrected chi connectivity index (χ0v) is 17.8. The Morgan fingerprint density at radius 1 is 1.21 bits per heavy atom. The minimum absolute atomic E-state index is 0.0765. The highest BCUT2D eigenvalue weighted by Crippen LogP contribution is 2.27. The third-order valence-corrected chi connectivity index (χ3v) is 4.51. The first kappa shape index (κ1) is 20.9. The van der Waals surface area contributed by atoms with E-state index in [1.807, 2.05) is 52.0 Å². The van der Waals surface area contributed by atoms with Crippen molar-refractivity contribution in [1.82, 2.24) is 19.3 Å².